The summed E-state index contributed by atoms with van der Waals surface area (Å²) < 4.78 is 18.0. The van der Waals surface area contributed by atoms with Gasteiger partial charge in [0.25, 0.3) is 0 Å². The Morgan fingerprint density at radius 1 is 1.50 bits per heavy atom. The second-order valence-electron chi connectivity index (χ2n) is 3.85. The van der Waals surface area contributed by atoms with Gasteiger partial charge >= 0.3 is 5.97 Å². The lowest BCUT2D eigenvalue weighted by Crippen LogP contribution is -2.20. The highest BCUT2D eigenvalue weighted by Crippen LogP contribution is 2.17. The van der Waals surface area contributed by atoms with Gasteiger partial charge in [-0.25, -0.2) is 14.2 Å². The van der Waals surface area contributed by atoms with Crippen LogP contribution >= 0.6 is 11.6 Å². The van der Waals surface area contributed by atoms with E-state index in [4.69, 9.17) is 16.3 Å². The van der Waals surface area contributed by atoms with Gasteiger partial charge < -0.3 is 4.74 Å². The largest absolute Gasteiger partial charge is 0.459 e. The first-order valence-corrected chi connectivity index (χ1v) is 5.31. The second-order valence-corrected chi connectivity index (χ2v) is 4.20. The number of hydrogen-bond acceptors (Lipinski definition) is 3. The summed E-state index contributed by atoms with van der Waals surface area (Å²) in [7, 11) is 0. The van der Waals surface area contributed by atoms with Crippen LogP contribution < -0.4 is 0 Å². The first kappa shape index (κ1) is 12.9. The molecule has 5 heteroatoms. The van der Waals surface area contributed by atoms with Gasteiger partial charge in [-0.3, -0.25) is 0 Å². The van der Waals surface area contributed by atoms with Crippen LogP contribution in [0.15, 0.2) is 12.3 Å². The van der Waals surface area contributed by atoms with Gasteiger partial charge in [-0.05, 0) is 18.9 Å². The van der Waals surface area contributed by atoms with E-state index in [1.165, 1.54) is 0 Å². The molecule has 0 radical (unpaired) electrons. The van der Waals surface area contributed by atoms with Gasteiger partial charge in [0.15, 0.2) is 0 Å². The molecule has 1 aromatic rings. The molecule has 0 saturated heterocycles. The minimum atomic E-state index is -0.654. The highest BCUT2D eigenvalue weighted by molar-refractivity contribution is 6.32. The molecule has 16 heavy (non-hydrogen) atoms. The van der Waals surface area contributed by atoms with Crippen LogP contribution in [-0.4, -0.2) is 17.1 Å². The fraction of sp³-hybridized carbons (Fsp3) is 0.455. The number of rotatable bonds is 3. The molecule has 0 N–H and O–H groups in total. The predicted molar refractivity (Wildman–Crippen MR) is 58.9 cm³/mol. The number of carbonyl (C=O) groups is 1. The van der Waals surface area contributed by atoms with Gasteiger partial charge in [0.2, 0.25) is 0 Å². The molecule has 1 heterocycles. The summed E-state index contributed by atoms with van der Waals surface area (Å²) in [5.41, 5.74) is -0.0471. The molecule has 0 amide bonds. The van der Waals surface area contributed by atoms with Gasteiger partial charge in [0.05, 0.1) is 11.8 Å². The normalized spacial score (nSPS) is 12.6. The van der Waals surface area contributed by atoms with Gasteiger partial charge in [-0.1, -0.05) is 25.4 Å². The topological polar surface area (TPSA) is 39.2 Å². The molecule has 0 aliphatic rings. The number of hydrogen-bond donors (Lipinski definition) is 0. The van der Waals surface area contributed by atoms with E-state index in [9.17, 15) is 9.18 Å². The number of pyridine rings is 1. The number of carbonyl (C=O) groups excluding carboxylic acids is 1. The molecule has 1 rings (SSSR count). The zero-order valence-corrected chi connectivity index (χ0v) is 10.1. The van der Waals surface area contributed by atoms with Crippen molar-refractivity contribution in [1.82, 2.24) is 4.98 Å². The van der Waals surface area contributed by atoms with Gasteiger partial charge in [0, 0.05) is 0 Å². The molecular weight excluding hydrogens is 233 g/mol. The molecule has 0 fully saturated rings. The van der Waals surface area contributed by atoms with Gasteiger partial charge in [0.1, 0.15) is 17.1 Å². The van der Waals surface area contributed by atoms with E-state index < -0.39 is 11.8 Å². The van der Waals surface area contributed by atoms with Crippen LogP contribution in [-0.2, 0) is 4.74 Å². The summed E-state index contributed by atoms with van der Waals surface area (Å²) in [5, 5.41) is -0.0534. The van der Waals surface area contributed by atoms with Crippen molar-refractivity contribution >= 4 is 17.6 Å². The predicted octanol–water partition coefficient (Wildman–Crippen LogP) is 3.08. The van der Waals surface area contributed by atoms with Crippen molar-refractivity contribution in [3.63, 3.8) is 0 Å². The Labute approximate surface area is 98.6 Å². The van der Waals surface area contributed by atoms with Crippen LogP contribution in [0.1, 0.15) is 31.1 Å². The fourth-order valence-electron chi connectivity index (χ4n) is 0.934. The number of ether oxygens (including phenoxy) is 1. The lowest BCUT2D eigenvalue weighted by atomic mass is 10.1. The minimum Gasteiger partial charge on any atom is -0.459 e. The van der Waals surface area contributed by atoms with Crippen LogP contribution in [0, 0.1) is 11.7 Å². The van der Waals surface area contributed by atoms with Crippen molar-refractivity contribution in [3.05, 3.63) is 28.8 Å². The first-order chi connectivity index (χ1) is 7.41. The van der Waals surface area contributed by atoms with E-state index in [0.717, 1.165) is 12.3 Å². The summed E-state index contributed by atoms with van der Waals surface area (Å²) in [4.78, 5) is 15.2. The fourth-order valence-corrected chi connectivity index (χ4v) is 1.11. The maximum atomic E-state index is 12.9. The third kappa shape index (κ3) is 3.17. The van der Waals surface area contributed by atoms with Gasteiger partial charge in [-0.15, -0.1) is 0 Å². The summed E-state index contributed by atoms with van der Waals surface area (Å²) >= 11 is 5.68. The van der Waals surface area contributed by atoms with E-state index in [1.807, 2.05) is 13.8 Å². The number of nitrogens with zero attached hydrogens (tertiary/aromatic N) is 1. The van der Waals surface area contributed by atoms with Crippen molar-refractivity contribution in [2.45, 2.75) is 26.9 Å². The molecule has 0 aliphatic heterocycles. The molecule has 0 saturated carbocycles. The number of esters is 1. The standard InChI is InChI=1S/C11H13ClFNO2/c1-6(2)7(3)16-11(15)9-4-8(13)5-14-10(9)12/h4-7H,1-3H3. The van der Waals surface area contributed by atoms with Crippen molar-refractivity contribution in [3.8, 4) is 0 Å². The van der Waals surface area contributed by atoms with Crippen molar-refractivity contribution < 1.29 is 13.9 Å². The van der Waals surface area contributed by atoms with E-state index in [2.05, 4.69) is 4.98 Å². The summed E-state index contributed by atoms with van der Waals surface area (Å²) in [6, 6.07) is 1.02. The second kappa shape index (κ2) is 5.25. The average molecular weight is 246 g/mol. The Hall–Kier alpha value is -1.16. The Morgan fingerprint density at radius 3 is 2.69 bits per heavy atom. The SMILES string of the molecule is CC(C)C(C)OC(=O)c1cc(F)cnc1Cl. The number of halogens is 2. The van der Waals surface area contributed by atoms with E-state index in [0.29, 0.717) is 0 Å². The van der Waals surface area contributed by atoms with Crippen molar-refractivity contribution in [2.24, 2.45) is 5.92 Å². The maximum Gasteiger partial charge on any atom is 0.341 e. The maximum absolute atomic E-state index is 12.9. The quantitative estimate of drug-likeness (QED) is 0.607. The monoisotopic (exact) mass is 245 g/mol. The van der Waals surface area contributed by atoms with E-state index in [1.54, 1.807) is 6.92 Å². The Balaban J connectivity index is 2.84. The van der Waals surface area contributed by atoms with Crippen LogP contribution in [0.4, 0.5) is 4.39 Å². The first-order valence-electron chi connectivity index (χ1n) is 4.94. The van der Waals surface area contributed by atoms with Gasteiger partial charge in [-0.2, -0.15) is 0 Å². The Kier molecular flexibility index (Phi) is 4.24. The van der Waals surface area contributed by atoms with Crippen LogP contribution in [0.3, 0.4) is 0 Å². The third-order valence-corrected chi connectivity index (χ3v) is 2.56. The van der Waals surface area contributed by atoms with E-state index >= 15 is 0 Å². The molecule has 0 spiro atoms. The molecule has 3 nitrogen and oxygen atoms in total. The Morgan fingerprint density at radius 2 is 2.12 bits per heavy atom. The molecule has 88 valence electrons. The minimum absolute atomic E-state index is 0.0471. The third-order valence-electron chi connectivity index (χ3n) is 2.26. The number of aromatic nitrogens is 1. The summed E-state index contributed by atoms with van der Waals surface area (Å²) in [6.45, 7) is 5.61. The molecule has 0 aromatic carbocycles. The molecule has 0 aliphatic carbocycles. The molecular formula is C11H13ClFNO2. The molecule has 1 unspecified atom stereocenters. The molecule has 1 aromatic heterocycles. The van der Waals surface area contributed by atoms with Crippen LogP contribution in [0.5, 0.6) is 0 Å². The van der Waals surface area contributed by atoms with E-state index in [-0.39, 0.29) is 22.7 Å². The lowest BCUT2D eigenvalue weighted by molar-refractivity contribution is 0.0237. The highest BCUT2D eigenvalue weighted by Gasteiger charge is 2.18. The lowest BCUT2D eigenvalue weighted by Gasteiger charge is -2.16. The highest BCUT2D eigenvalue weighted by atomic mass is 35.5. The van der Waals surface area contributed by atoms with Crippen molar-refractivity contribution in [1.29, 1.82) is 0 Å². The smallest absolute Gasteiger partial charge is 0.341 e. The summed E-state index contributed by atoms with van der Waals surface area (Å²) in [5.74, 6) is -1.09. The zero-order chi connectivity index (χ0) is 12.3. The van der Waals surface area contributed by atoms with Crippen LogP contribution in [0.25, 0.3) is 0 Å². The summed E-state index contributed by atoms with van der Waals surface area (Å²) in [6.07, 6.45) is 0.692. The van der Waals surface area contributed by atoms with Crippen LogP contribution in [0.2, 0.25) is 5.15 Å². The zero-order valence-electron chi connectivity index (χ0n) is 9.33. The average Bonchev–Trinajstić information content (AvgIpc) is 2.21. The van der Waals surface area contributed by atoms with Crippen molar-refractivity contribution in [2.75, 3.05) is 0 Å². The Bertz CT molecular complexity index is 396. The molecule has 0 bridgehead atoms. The molecule has 1 atom stereocenters.